The van der Waals surface area contributed by atoms with Crippen LogP contribution in [0.15, 0.2) is 77.3 Å². The SMILES string of the molecule is C[C@@H](C(=O)NCC1CN(c2ccc(S(=O)(=O)Nc3nccs3)cc2)C1)n1ccc2ccccc21.[HH].[HH].[HH]. The molecule has 1 amide bonds. The molecule has 1 aliphatic rings. The summed E-state index contributed by atoms with van der Waals surface area (Å²) in [6, 6.07) is 16.6. The number of nitrogens with one attached hydrogen (secondary N) is 2. The molecule has 0 unspecified atom stereocenters. The average molecular weight is 502 g/mol. The van der Waals surface area contributed by atoms with Crippen molar-refractivity contribution in [1.82, 2.24) is 14.9 Å². The summed E-state index contributed by atoms with van der Waals surface area (Å²) < 4.78 is 29.4. The number of para-hydroxylation sites is 1. The molecule has 2 N–H and O–H groups in total. The van der Waals surface area contributed by atoms with Crippen LogP contribution in [0.1, 0.15) is 17.2 Å². The number of thiazole rings is 1. The van der Waals surface area contributed by atoms with E-state index in [4.69, 9.17) is 0 Å². The van der Waals surface area contributed by atoms with Gasteiger partial charge in [0, 0.05) is 58.8 Å². The molecule has 0 aliphatic carbocycles. The van der Waals surface area contributed by atoms with E-state index >= 15 is 0 Å². The van der Waals surface area contributed by atoms with E-state index in [0.29, 0.717) is 17.6 Å². The van der Waals surface area contributed by atoms with E-state index in [1.165, 1.54) is 11.3 Å². The maximum Gasteiger partial charge on any atom is 0.263 e. The van der Waals surface area contributed by atoms with E-state index in [2.05, 4.69) is 19.9 Å². The van der Waals surface area contributed by atoms with Gasteiger partial charge in [0.2, 0.25) is 5.91 Å². The molecule has 0 saturated carbocycles. The van der Waals surface area contributed by atoms with Crippen LogP contribution in [0.4, 0.5) is 10.8 Å². The third kappa shape index (κ3) is 4.51. The normalized spacial score (nSPS) is 15.1. The lowest BCUT2D eigenvalue weighted by atomic mass is 9.99. The van der Waals surface area contributed by atoms with Crippen LogP contribution in [0.3, 0.4) is 0 Å². The number of hydrogen-bond acceptors (Lipinski definition) is 6. The van der Waals surface area contributed by atoms with Crippen LogP contribution >= 0.6 is 11.3 Å². The molecule has 2 aromatic heterocycles. The van der Waals surface area contributed by atoms with Gasteiger partial charge in [-0.1, -0.05) is 18.2 Å². The summed E-state index contributed by atoms with van der Waals surface area (Å²) >= 11 is 1.23. The number of carbonyl (C=O) groups is 1. The van der Waals surface area contributed by atoms with Gasteiger partial charge in [-0.05, 0) is 48.7 Å². The zero-order valence-corrected chi connectivity index (χ0v) is 20.2. The van der Waals surface area contributed by atoms with E-state index in [-0.39, 0.29) is 21.1 Å². The van der Waals surface area contributed by atoms with Crippen molar-refractivity contribution in [2.24, 2.45) is 5.92 Å². The Balaban J connectivity index is 0.00000160. The highest BCUT2D eigenvalue weighted by Gasteiger charge is 2.28. The topological polar surface area (TPSA) is 96.3 Å². The summed E-state index contributed by atoms with van der Waals surface area (Å²) in [5.74, 6) is 0.356. The third-order valence-electron chi connectivity index (χ3n) is 6.11. The first-order valence-corrected chi connectivity index (χ1v) is 13.4. The minimum atomic E-state index is -3.65. The van der Waals surface area contributed by atoms with Crippen molar-refractivity contribution >= 4 is 49.0 Å². The zero-order chi connectivity index (χ0) is 23.7. The average Bonchev–Trinajstić information content (AvgIpc) is 3.47. The van der Waals surface area contributed by atoms with Gasteiger partial charge < -0.3 is 14.8 Å². The molecule has 10 heteroatoms. The van der Waals surface area contributed by atoms with Gasteiger partial charge in [-0.3, -0.25) is 9.52 Å². The number of fused-ring (bicyclic) bond motifs is 1. The Morgan fingerprint density at radius 3 is 2.68 bits per heavy atom. The standard InChI is InChI=1S/C24H25N5O3S2.3H2/c1-17(29-12-10-19-4-2-3-5-22(19)29)23(30)26-14-18-15-28(16-18)20-6-8-21(9-7-20)34(31,32)27-24-25-11-13-33-24;;;/h2-13,17-18H,14-16H2,1H3,(H,25,27)(H,26,30);3*1H/t17-;;;/m0.../s1. The Bertz CT molecular complexity index is 1410. The van der Waals surface area contributed by atoms with Crippen molar-refractivity contribution in [1.29, 1.82) is 0 Å². The molecule has 182 valence electrons. The fourth-order valence-electron chi connectivity index (χ4n) is 4.15. The van der Waals surface area contributed by atoms with Gasteiger partial charge in [-0.15, -0.1) is 11.3 Å². The van der Waals surface area contributed by atoms with Gasteiger partial charge in [-0.25, -0.2) is 13.4 Å². The molecule has 3 heterocycles. The maximum atomic E-state index is 12.7. The summed E-state index contributed by atoms with van der Waals surface area (Å²) in [6.45, 7) is 4.14. The molecule has 5 rings (SSSR count). The second kappa shape index (κ2) is 9.11. The number of rotatable bonds is 8. The molecule has 0 bridgehead atoms. The molecule has 4 aromatic rings. The summed E-state index contributed by atoms with van der Waals surface area (Å²) in [5.41, 5.74) is 2.01. The molecule has 1 fully saturated rings. The lowest BCUT2D eigenvalue weighted by molar-refractivity contribution is -0.124. The quantitative estimate of drug-likeness (QED) is 0.372. The molecule has 1 aliphatic heterocycles. The first kappa shape index (κ1) is 22.4. The van der Waals surface area contributed by atoms with Gasteiger partial charge in [0.1, 0.15) is 6.04 Å². The fraction of sp³-hybridized carbons (Fsp3) is 0.250. The van der Waals surface area contributed by atoms with Crippen molar-refractivity contribution in [2.45, 2.75) is 17.9 Å². The van der Waals surface area contributed by atoms with Crippen LogP contribution in [-0.2, 0) is 14.8 Å². The van der Waals surface area contributed by atoms with E-state index in [9.17, 15) is 13.2 Å². The lowest BCUT2D eigenvalue weighted by Crippen LogP contribution is -2.52. The van der Waals surface area contributed by atoms with Crippen molar-refractivity contribution in [3.63, 3.8) is 0 Å². The Morgan fingerprint density at radius 2 is 1.94 bits per heavy atom. The van der Waals surface area contributed by atoms with Crippen LogP contribution in [-0.4, -0.2) is 43.5 Å². The summed E-state index contributed by atoms with van der Waals surface area (Å²) in [5, 5.41) is 6.26. The van der Waals surface area contributed by atoms with Crippen LogP contribution in [0.25, 0.3) is 10.9 Å². The van der Waals surface area contributed by atoms with Crippen LogP contribution in [0.2, 0.25) is 0 Å². The van der Waals surface area contributed by atoms with Crippen LogP contribution < -0.4 is 14.9 Å². The van der Waals surface area contributed by atoms with Gasteiger partial charge in [0.25, 0.3) is 10.0 Å². The minimum absolute atomic E-state index is 0. The second-order valence-electron chi connectivity index (χ2n) is 8.41. The number of hydrogen-bond donors (Lipinski definition) is 2. The first-order valence-electron chi connectivity index (χ1n) is 11.0. The van der Waals surface area contributed by atoms with Gasteiger partial charge in [0.05, 0.1) is 4.90 Å². The molecule has 34 heavy (non-hydrogen) atoms. The monoisotopic (exact) mass is 501 g/mol. The number of benzene rings is 2. The minimum Gasteiger partial charge on any atom is -0.371 e. The van der Waals surface area contributed by atoms with Crippen molar-refractivity contribution in [3.05, 3.63) is 72.4 Å². The van der Waals surface area contributed by atoms with E-state index < -0.39 is 10.0 Å². The molecule has 8 nitrogen and oxygen atoms in total. The molecule has 0 radical (unpaired) electrons. The largest absolute Gasteiger partial charge is 0.371 e. The Morgan fingerprint density at radius 1 is 1.18 bits per heavy atom. The molecule has 1 saturated heterocycles. The highest BCUT2D eigenvalue weighted by Crippen LogP contribution is 2.27. The van der Waals surface area contributed by atoms with E-state index in [1.807, 2.05) is 60.2 Å². The third-order valence-corrected chi connectivity index (χ3v) is 8.29. The number of anilines is 2. The number of nitrogens with zero attached hydrogens (tertiary/aromatic N) is 3. The second-order valence-corrected chi connectivity index (χ2v) is 11.0. The zero-order valence-electron chi connectivity index (χ0n) is 18.6. The molecular weight excluding hydrogens is 470 g/mol. The predicted octanol–water partition coefficient (Wildman–Crippen LogP) is 4.45. The predicted molar refractivity (Wildman–Crippen MR) is 141 cm³/mol. The van der Waals surface area contributed by atoms with E-state index in [1.54, 1.807) is 23.7 Å². The first-order chi connectivity index (χ1) is 16.4. The Hall–Kier alpha value is -3.37. The maximum absolute atomic E-state index is 12.7. The number of amides is 1. The Labute approximate surface area is 206 Å². The summed E-state index contributed by atoms with van der Waals surface area (Å²) in [7, 11) is -3.65. The van der Waals surface area contributed by atoms with Crippen LogP contribution in [0, 0.1) is 5.92 Å². The molecule has 2 aromatic carbocycles. The summed E-state index contributed by atoms with van der Waals surface area (Å²) in [4.78, 5) is 19.0. The smallest absolute Gasteiger partial charge is 0.263 e. The van der Waals surface area contributed by atoms with Crippen molar-refractivity contribution < 1.29 is 17.5 Å². The molecule has 1 atom stereocenters. The molecule has 0 spiro atoms. The highest BCUT2D eigenvalue weighted by molar-refractivity contribution is 7.93. The van der Waals surface area contributed by atoms with Crippen molar-refractivity contribution in [2.75, 3.05) is 29.3 Å². The number of sulfonamides is 1. The van der Waals surface area contributed by atoms with E-state index in [0.717, 1.165) is 29.7 Å². The Kier molecular flexibility index (Phi) is 6.01. The highest BCUT2D eigenvalue weighted by atomic mass is 32.2. The summed E-state index contributed by atoms with van der Waals surface area (Å²) in [6.07, 6.45) is 3.51. The number of aromatic nitrogens is 2. The fourth-order valence-corrected chi connectivity index (χ4v) is 5.94. The number of carbonyl (C=O) groups excluding carboxylic acids is 1. The lowest BCUT2D eigenvalue weighted by Gasteiger charge is -2.41. The van der Waals surface area contributed by atoms with Gasteiger partial charge in [0.15, 0.2) is 5.13 Å². The van der Waals surface area contributed by atoms with Gasteiger partial charge in [-0.2, -0.15) is 0 Å². The van der Waals surface area contributed by atoms with Crippen molar-refractivity contribution in [3.8, 4) is 0 Å². The molecular formula is C24H31N5O3S2. The van der Waals surface area contributed by atoms with Crippen LogP contribution in [0.5, 0.6) is 0 Å². The van der Waals surface area contributed by atoms with Gasteiger partial charge >= 0.3 is 0 Å².